The Kier molecular flexibility index (Phi) is 18.1. The first-order valence-corrected chi connectivity index (χ1v) is 24.9. The standard InChI is InChI=1S/C52H65N9O8S.ClH/c1-30-45(70-29-57-30)35-17-15-32(16-18-35)26-56-48(66)40-25-37(62)28-60(40)51(69)46(52(2,3)4)59-43(64)14-6-5-9-31-10-7-11-33(23-31)27-55-47(65)39(21-22-42(54)63)58-49(67)41-24-36-13-8-12-34-19-20-38(53)50(68)61(41)44(34)36;/h7-8,10-13,15-18,23,29,37-41,46,62H,5-6,9,14,19-22,24-28,53H2,1-4H3,(H2,54,63)(H,55,65)(H,56,66)(H,58,67)(H,59,64);1H/t37-,38+,39+,40+,41+,46-;/m1./s1. The summed E-state index contributed by atoms with van der Waals surface area (Å²) in [7, 11) is 0. The molecule has 9 N–H and O–H groups in total. The molecule has 0 unspecified atom stereocenters. The van der Waals surface area contributed by atoms with Crippen LogP contribution in [0.1, 0.15) is 99.2 Å². The van der Waals surface area contributed by atoms with Crippen LogP contribution in [-0.2, 0) is 65.9 Å². The van der Waals surface area contributed by atoms with Crippen molar-refractivity contribution in [2.75, 3.05) is 11.4 Å². The van der Waals surface area contributed by atoms with E-state index in [2.05, 4.69) is 26.3 Å². The summed E-state index contributed by atoms with van der Waals surface area (Å²) in [5.74, 6) is -3.11. The molecule has 3 aliphatic heterocycles. The van der Waals surface area contributed by atoms with Crippen molar-refractivity contribution in [2.45, 2.75) is 141 Å². The van der Waals surface area contributed by atoms with Gasteiger partial charge in [0.2, 0.25) is 41.4 Å². The number of benzene rings is 3. The summed E-state index contributed by atoms with van der Waals surface area (Å²) in [5, 5.41) is 22.2. The van der Waals surface area contributed by atoms with E-state index in [1.54, 1.807) is 16.8 Å². The molecule has 17 nitrogen and oxygen atoms in total. The topological polar surface area (TPSA) is 259 Å². The molecule has 0 radical (unpaired) electrons. The Labute approximate surface area is 424 Å². The molecule has 4 aromatic rings. The van der Waals surface area contributed by atoms with Crippen LogP contribution in [0.5, 0.6) is 0 Å². The van der Waals surface area contributed by atoms with E-state index in [4.69, 9.17) is 11.5 Å². The molecule has 0 aliphatic carbocycles. The highest BCUT2D eigenvalue weighted by molar-refractivity contribution is 7.13. The van der Waals surface area contributed by atoms with Gasteiger partial charge in [0.15, 0.2) is 0 Å². The lowest BCUT2D eigenvalue weighted by Crippen LogP contribution is -2.57. The number of aromatic nitrogens is 1. The summed E-state index contributed by atoms with van der Waals surface area (Å²) in [6.07, 6.45) is 2.34. The van der Waals surface area contributed by atoms with Crippen LogP contribution >= 0.6 is 23.7 Å². The number of thiazole rings is 1. The Balaban J connectivity index is 0.00000825. The van der Waals surface area contributed by atoms with Crippen molar-refractivity contribution in [1.82, 2.24) is 31.2 Å². The van der Waals surface area contributed by atoms with Gasteiger partial charge >= 0.3 is 0 Å². The van der Waals surface area contributed by atoms with Crippen molar-refractivity contribution in [3.63, 3.8) is 0 Å². The SMILES string of the molecule is Cc1ncsc1-c1ccc(CNC(=O)[C@@H]2C[C@@H](O)CN2C(=O)[C@@H](NC(=O)CCCCc2cccc(CNC(=O)[C@H](CCC(N)=O)NC(=O)[C@@H]3Cc4cccc5c4N3C(=O)[C@@H](N)CC5)c2)C(C)(C)C)cc1.Cl. The Hall–Kier alpha value is -6.21. The number of primary amides is 1. The molecule has 4 heterocycles. The molecule has 0 saturated carbocycles. The molecule has 0 bridgehead atoms. The number of hydrogen-bond acceptors (Lipinski definition) is 11. The molecule has 6 atom stereocenters. The molecular weight excluding hydrogens is 946 g/mol. The van der Waals surface area contributed by atoms with E-state index in [1.807, 2.05) is 94.4 Å². The van der Waals surface area contributed by atoms with E-state index >= 15 is 0 Å². The first kappa shape index (κ1) is 54.1. The van der Waals surface area contributed by atoms with Gasteiger partial charge in [0.25, 0.3) is 0 Å². The molecule has 71 heavy (non-hydrogen) atoms. The number of rotatable bonds is 19. The number of nitrogens with two attached hydrogens (primary N) is 2. The second-order valence-corrected chi connectivity index (χ2v) is 20.6. The number of hydrogen-bond donors (Lipinski definition) is 7. The maximum Gasteiger partial charge on any atom is 0.246 e. The van der Waals surface area contributed by atoms with Crippen molar-refractivity contribution < 1.29 is 38.7 Å². The second-order valence-electron chi connectivity index (χ2n) is 19.8. The van der Waals surface area contributed by atoms with Gasteiger partial charge < -0.3 is 42.7 Å². The minimum absolute atomic E-state index is 0. The van der Waals surface area contributed by atoms with Gasteiger partial charge in [0.05, 0.1) is 33.9 Å². The monoisotopic (exact) mass is 1010 g/mol. The molecule has 3 aromatic carbocycles. The quantitative estimate of drug-likeness (QED) is 0.0671. The van der Waals surface area contributed by atoms with Crippen molar-refractivity contribution in [1.29, 1.82) is 0 Å². The van der Waals surface area contributed by atoms with Gasteiger partial charge in [-0.25, -0.2) is 4.98 Å². The van der Waals surface area contributed by atoms with Crippen LogP contribution in [0.3, 0.4) is 0 Å². The number of unbranched alkanes of at least 4 members (excludes halogenated alkanes) is 1. The van der Waals surface area contributed by atoms with Crippen LogP contribution in [0.4, 0.5) is 5.69 Å². The van der Waals surface area contributed by atoms with Crippen molar-refractivity contribution in [3.05, 3.63) is 106 Å². The predicted molar refractivity (Wildman–Crippen MR) is 273 cm³/mol. The number of likely N-dealkylation sites (tertiary alicyclic amines) is 1. The Bertz CT molecular complexity index is 2600. The molecule has 380 valence electrons. The number of aryl methyl sites for hydroxylation is 3. The second kappa shape index (κ2) is 23.8. The van der Waals surface area contributed by atoms with Gasteiger partial charge in [0.1, 0.15) is 24.2 Å². The first-order valence-electron chi connectivity index (χ1n) is 24.1. The number of anilines is 1. The number of halogens is 1. The van der Waals surface area contributed by atoms with Crippen LogP contribution in [0.25, 0.3) is 10.4 Å². The Morgan fingerprint density at radius 2 is 1.58 bits per heavy atom. The van der Waals surface area contributed by atoms with E-state index in [0.29, 0.717) is 37.8 Å². The van der Waals surface area contributed by atoms with Crippen molar-refractivity contribution in [2.24, 2.45) is 16.9 Å². The van der Waals surface area contributed by atoms with Gasteiger partial charge in [-0.05, 0) is 84.2 Å². The molecule has 19 heteroatoms. The average molecular weight is 1010 g/mol. The normalized spacial score (nSPS) is 19.2. The van der Waals surface area contributed by atoms with Crippen molar-refractivity contribution in [3.8, 4) is 10.4 Å². The van der Waals surface area contributed by atoms with E-state index in [1.165, 1.54) is 9.80 Å². The predicted octanol–water partition coefficient (Wildman–Crippen LogP) is 3.66. The molecule has 1 aromatic heterocycles. The molecular formula is C52H66ClN9O8S. The molecule has 1 saturated heterocycles. The molecule has 7 amide bonds. The molecule has 1 fully saturated rings. The van der Waals surface area contributed by atoms with Gasteiger partial charge in [-0.15, -0.1) is 23.7 Å². The number of para-hydroxylation sites is 1. The summed E-state index contributed by atoms with van der Waals surface area (Å²) >= 11 is 1.56. The molecule has 7 rings (SSSR count). The number of carbonyl (C=O) groups is 7. The third-order valence-electron chi connectivity index (χ3n) is 13.4. The van der Waals surface area contributed by atoms with Crippen molar-refractivity contribution >= 4 is 70.8 Å². The molecule has 0 spiro atoms. The van der Waals surface area contributed by atoms with E-state index < -0.39 is 65.4 Å². The van der Waals surface area contributed by atoms with Crippen LogP contribution in [-0.4, -0.2) is 99.2 Å². The summed E-state index contributed by atoms with van der Waals surface area (Å²) in [5.41, 5.74) is 19.9. The Morgan fingerprint density at radius 1 is 0.873 bits per heavy atom. The van der Waals surface area contributed by atoms with E-state index in [9.17, 15) is 38.7 Å². The van der Waals surface area contributed by atoms with Gasteiger partial charge in [0, 0.05) is 45.3 Å². The van der Waals surface area contributed by atoms with Crippen LogP contribution in [0.2, 0.25) is 0 Å². The minimum atomic E-state index is -1.09. The number of nitrogens with zero attached hydrogens (tertiary/aromatic N) is 3. The maximum atomic E-state index is 14.1. The number of amides is 7. The summed E-state index contributed by atoms with van der Waals surface area (Å²) in [4.78, 5) is 102. The fourth-order valence-electron chi connectivity index (χ4n) is 9.52. The summed E-state index contributed by atoms with van der Waals surface area (Å²) in [6.45, 7) is 7.86. The zero-order valence-electron chi connectivity index (χ0n) is 40.7. The highest BCUT2D eigenvalue weighted by Gasteiger charge is 2.45. The first-order chi connectivity index (χ1) is 33.4. The third-order valence-corrected chi connectivity index (χ3v) is 14.3. The highest BCUT2D eigenvalue weighted by Crippen LogP contribution is 2.39. The molecule has 3 aliphatic rings. The number of nitrogens with one attached hydrogen (secondary N) is 4. The number of carbonyl (C=O) groups excluding carboxylic acids is 7. The van der Waals surface area contributed by atoms with Gasteiger partial charge in [-0.2, -0.15) is 0 Å². The van der Waals surface area contributed by atoms with E-state index in [-0.39, 0.29) is 81.9 Å². The number of aliphatic hydroxyl groups excluding tert-OH is 1. The average Bonchev–Trinajstić information content (AvgIpc) is 4.05. The number of β-amino-alcohol motifs (C(OH)–C–C–N with tert-alkyl or cyclic N) is 1. The van der Waals surface area contributed by atoms with Crippen LogP contribution in [0.15, 0.2) is 72.2 Å². The summed E-state index contributed by atoms with van der Waals surface area (Å²) < 4.78 is 0. The lowest BCUT2D eigenvalue weighted by Gasteiger charge is -2.35. The fourth-order valence-corrected chi connectivity index (χ4v) is 10.3. The lowest BCUT2D eigenvalue weighted by molar-refractivity contribution is -0.144. The smallest absolute Gasteiger partial charge is 0.246 e. The number of aliphatic hydroxyl groups is 1. The van der Waals surface area contributed by atoms with Gasteiger partial charge in [-0.3, -0.25) is 38.5 Å². The maximum absolute atomic E-state index is 14.1. The summed E-state index contributed by atoms with van der Waals surface area (Å²) in [6, 6.07) is 16.6. The van der Waals surface area contributed by atoms with E-state index in [0.717, 1.165) is 44.0 Å². The fraction of sp³-hybridized carbons (Fsp3) is 0.462. The third kappa shape index (κ3) is 13.4. The lowest BCUT2D eigenvalue weighted by atomic mass is 9.85. The minimum Gasteiger partial charge on any atom is -0.391 e. The highest BCUT2D eigenvalue weighted by atomic mass is 35.5. The zero-order valence-corrected chi connectivity index (χ0v) is 42.3. The largest absolute Gasteiger partial charge is 0.391 e. The van der Waals surface area contributed by atoms with Crippen LogP contribution in [0, 0.1) is 12.3 Å². The van der Waals surface area contributed by atoms with Crippen LogP contribution < -0.4 is 37.6 Å². The Morgan fingerprint density at radius 3 is 2.28 bits per heavy atom. The zero-order chi connectivity index (χ0) is 50.3. The van der Waals surface area contributed by atoms with Gasteiger partial charge in [-0.1, -0.05) is 87.5 Å².